The molecular weight excluding hydrogens is 206 g/mol. The molecule has 0 unspecified atom stereocenters. The lowest BCUT2D eigenvalue weighted by molar-refractivity contribution is 1.21. The van der Waals surface area contributed by atoms with Gasteiger partial charge in [-0.05, 0) is 23.6 Å². The molecule has 1 heteroatoms. The van der Waals surface area contributed by atoms with Crippen LogP contribution in [0.15, 0.2) is 54.7 Å². The number of hydrogen-bond donors (Lipinski definition) is 0. The van der Waals surface area contributed by atoms with Gasteiger partial charge in [0.05, 0.1) is 5.35 Å². The largest absolute Gasteiger partial charge is 0.257 e. The summed E-state index contributed by atoms with van der Waals surface area (Å²) >= 11 is 0. The molecule has 1 nitrogen and oxygen atoms in total. The van der Waals surface area contributed by atoms with Crippen molar-refractivity contribution in [2.75, 3.05) is 0 Å². The molecule has 0 aliphatic heterocycles. The number of aromatic nitrogens is 1. The van der Waals surface area contributed by atoms with Crippen LogP contribution in [0.3, 0.4) is 0 Å². The third kappa shape index (κ3) is 1.92. The van der Waals surface area contributed by atoms with Crippen LogP contribution >= 0.6 is 0 Å². The molecule has 0 atom stereocenters. The van der Waals surface area contributed by atoms with E-state index >= 15 is 0 Å². The predicted octanol–water partition coefficient (Wildman–Crippen LogP) is 2.27. The minimum absolute atomic E-state index is 0.953. The Labute approximate surface area is 100 Å². The Morgan fingerprint density at radius 2 is 1.88 bits per heavy atom. The van der Waals surface area contributed by atoms with Crippen molar-refractivity contribution in [3.63, 3.8) is 0 Å². The first kappa shape index (κ1) is 10.0. The number of benzene rings is 1. The summed E-state index contributed by atoms with van der Waals surface area (Å²) in [5.41, 5.74) is 2.49. The van der Waals surface area contributed by atoms with E-state index in [-0.39, 0.29) is 0 Å². The molecular formula is C16H13N. The van der Waals surface area contributed by atoms with Crippen LogP contribution in [0.1, 0.15) is 6.42 Å². The lowest BCUT2D eigenvalue weighted by atomic mass is 10.0. The van der Waals surface area contributed by atoms with Crippen molar-refractivity contribution in [1.29, 1.82) is 0 Å². The van der Waals surface area contributed by atoms with Crippen LogP contribution < -0.4 is 10.6 Å². The van der Waals surface area contributed by atoms with Crippen molar-refractivity contribution < 1.29 is 0 Å². The first-order chi connectivity index (χ1) is 8.45. The van der Waals surface area contributed by atoms with Crippen LogP contribution in [-0.4, -0.2) is 4.98 Å². The maximum absolute atomic E-state index is 4.44. The van der Waals surface area contributed by atoms with Crippen LogP contribution in [0.4, 0.5) is 0 Å². The molecule has 1 aromatic heterocycles. The molecule has 0 radical (unpaired) electrons. The zero-order valence-corrected chi connectivity index (χ0v) is 9.51. The van der Waals surface area contributed by atoms with Crippen molar-refractivity contribution in [3.05, 3.63) is 65.3 Å². The number of allylic oxidation sites excluding steroid dienone is 2. The van der Waals surface area contributed by atoms with Crippen LogP contribution in [0.2, 0.25) is 0 Å². The van der Waals surface area contributed by atoms with Crippen molar-refractivity contribution in [2.45, 2.75) is 6.42 Å². The minimum atomic E-state index is 0.953. The third-order valence-corrected chi connectivity index (χ3v) is 2.95. The summed E-state index contributed by atoms with van der Waals surface area (Å²) in [5.74, 6) is 0. The van der Waals surface area contributed by atoms with E-state index in [1.54, 1.807) is 0 Å². The van der Waals surface area contributed by atoms with Crippen molar-refractivity contribution in [1.82, 2.24) is 4.98 Å². The Bertz CT molecular complexity index is 666. The van der Waals surface area contributed by atoms with Gasteiger partial charge in [-0.25, -0.2) is 0 Å². The zero-order chi connectivity index (χ0) is 11.5. The Morgan fingerprint density at radius 3 is 2.76 bits per heavy atom. The molecule has 1 aromatic carbocycles. The second-order valence-corrected chi connectivity index (χ2v) is 4.06. The van der Waals surface area contributed by atoms with Crippen molar-refractivity contribution in [3.8, 4) is 11.1 Å². The average Bonchev–Trinajstić information content (AvgIpc) is 2.64. The van der Waals surface area contributed by atoms with Gasteiger partial charge >= 0.3 is 0 Å². The van der Waals surface area contributed by atoms with Gasteiger partial charge in [0, 0.05) is 11.4 Å². The van der Waals surface area contributed by atoms with Crippen molar-refractivity contribution in [2.24, 2.45) is 0 Å². The second kappa shape index (κ2) is 4.38. The highest BCUT2D eigenvalue weighted by Crippen LogP contribution is 2.13. The topological polar surface area (TPSA) is 12.9 Å². The van der Waals surface area contributed by atoms with E-state index in [9.17, 15) is 0 Å². The van der Waals surface area contributed by atoms with E-state index < -0.39 is 0 Å². The average molecular weight is 219 g/mol. The fourth-order valence-corrected chi connectivity index (χ4v) is 2.12. The molecule has 1 aliphatic rings. The molecule has 17 heavy (non-hydrogen) atoms. The molecule has 82 valence electrons. The summed E-state index contributed by atoms with van der Waals surface area (Å²) in [6.07, 6.45) is 11.4. The van der Waals surface area contributed by atoms with Gasteiger partial charge in [-0.3, -0.25) is 4.98 Å². The SMILES string of the molecule is C1=CCC=c2nccc(-c3ccccc3)c2=C1. The standard InChI is InChI=1S/C16H13N/c1-3-7-13(8-4-1)14-11-12-17-16-10-6-2-5-9-15(14)16/h1-5,7-12H,6H2. The van der Waals surface area contributed by atoms with Crippen LogP contribution in [0.5, 0.6) is 0 Å². The molecule has 0 saturated heterocycles. The fraction of sp³-hybridized carbons (Fsp3) is 0.0625. The van der Waals surface area contributed by atoms with Gasteiger partial charge in [0.1, 0.15) is 0 Å². The highest BCUT2D eigenvalue weighted by Gasteiger charge is 2.00. The van der Waals surface area contributed by atoms with Crippen molar-refractivity contribution >= 4 is 12.2 Å². The van der Waals surface area contributed by atoms with Gasteiger partial charge in [0.2, 0.25) is 0 Å². The van der Waals surface area contributed by atoms with E-state index in [4.69, 9.17) is 0 Å². The minimum Gasteiger partial charge on any atom is -0.257 e. The Hall–Kier alpha value is -2.15. The number of pyridine rings is 1. The van der Waals surface area contributed by atoms with Gasteiger partial charge in [-0.1, -0.05) is 54.6 Å². The van der Waals surface area contributed by atoms with Gasteiger partial charge in [-0.15, -0.1) is 0 Å². The van der Waals surface area contributed by atoms with Gasteiger partial charge in [-0.2, -0.15) is 0 Å². The smallest absolute Gasteiger partial charge is 0.0671 e. The maximum Gasteiger partial charge on any atom is 0.0671 e. The van der Waals surface area contributed by atoms with Crippen LogP contribution in [0.25, 0.3) is 23.3 Å². The van der Waals surface area contributed by atoms with Crippen LogP contribution in [0, 0.1) is 0 Å². The van der Waals surface area contributed by atoms with E-state index in [2.05, 4.69) is 59.6 Å². The summed E-state index contributed by atoms with van der Waals surface area (Å²) in [4.78, 5) is 4.44. The number of rotatable bonds is 1. The zero-order valence-electron chi connectivity index (χ0n) is 9.51. The highest BCUT2D eigenvalue weighted by atomic mass is 14.6. The molecule has 0 amide bonds. The lowest BCUT2D eigenvalue weighted by Gasteiger charge is -2.02. The number of hydrogen-bond acceptors (Lipinski definition) is 1. The lowest BCUT2D eigenvalue weighted by Crippen LogP contribution is -2.29. The summed E-state index contributed by atoms with van der Waals surface area (Å²) in [5, 5.41) is 2.30. The molecule has 0 fully saturated rings. The second-order valence-electron chi connectivity index (χ2n) is 4.06. The molecule has 0 saturated carbocycles. The Morgan fingerprint density at radius 1 is 1.00 bits per heavy atom. The number of fused-ring (bicyclic) bond motifs is 1. The Kier molecular flexibility index (Phi) is 2.59. The molecule has 1 aliphatic carbocycles. The molecule has 1 heterocycles. The van der Waals surface area contributed by atoms with E-state index in [0.29, 0.717) is 0 Å². The quantitative estimate of drug-likeness (QED) is 0.717. The van der Waals surface area contributed by atoms with E-state index in [1.165, 1.54) is 16.3 Å². The first-order valence-corrected chi connectivity index (χ1v) is 5.83. The monoisotopic (exact) mass is 219 g/mol. The van der Waals surface area contributed by atoms with E-state index in [1.807, 2.05) is 12.3 Å². The summed E-state index contributed by atoms with van der Waals surface area (Å²) < 4.78 is 0. The highest BCUT2D eigenvalue weighted by molar-refractivity contribution is 5.66. The maximum atomic E-state index is 4.44. The first-order valence-electron chi connectivity index (χ1n) is 5.83. The fourth-order valence-electron chi connectivity index (χ4n) is 2.12. The summed E-state index contributed by atoms with van der Waals surface area (Å²) in [6, 6.07) is 12.5. The summed E-state index contributed by atoms with van der Waals surface area (Å²) in [6.45, 7) is 0. The van der Waals surface area contributed by atoms with Gasteiger partial charge < -0.3 is 0 Å². The third-order valence-electron chi connectivity index (χ3n) is 2.95. The predicted molar refractivity (Wildman–Crippen MR) is 71.6 cm³/mol. The van der Waals surface area contributed by atoms with Gasteiger partial charge in [0.15, 0.2) is 0 Å². The molecule has 0 spiro atoms. The molecule has 0 N–H and O–H groups in total. The normalized spacial score (nSPS) is 13.2. The number of nitrogens with zero attached hydrogens (tertiary/aromatic N) is 1. The molecule has 2 aromatic rings. The Balaban J connectivity index is 2.34. The van der Waals surface area contributed by atoms with Gasteiger partial charge in [0.25, 0.3) is 0 Å². The molecule has 0 bridgehead atoms. The summed E-state index contributed by atoms with van der Waals surface area (Å²) in [7, 11) is 0. The van der Waals surface area contributed by atoms with Crippen LogP contribution in [-0.2, 0) is 0 Å². The van der Waals surface area contributed by atoms with E-state index in [0.717, 1.165) is 11.8 Å². The molecule has 3 rings (SSSR count).